The highest BCUT2D eigenvalue weighted by atomic mass is 16.6. The van der Waals surface area contributed by atoms with E-state index in [2.05, 4.69) is 10.1 Å². The molecule has 0 unspecified atom stereocenters. The second kappa shape index (κ2) is 7.48. The van der Waals surface area contributed by atoms with Gasteiger partial charge in [-0.2, -0.15) is 0 Å². The van der Waals surface area contributed by atoms with Crippen LogP contribution >= 0.6 is 0 Å². The fraction of sp³-hybridized carbons (Fsp3) is 0.0870. The third-order valence-corrected chi connectivity index (χ3v) is 4.30. The van der Waals surface area contributed by atoms with Crippen LogP contribution in [0.5, 0.6) is 0 Å². The van der Waals surface area contributed by atoms with Crippen LogP contribution in [0.1, 0.15) is 23.8 Å². The molecule has 3 aromatic rings. The molecule has 0 amide bonds. The summed E-state index contributed by atoms with van der Waals surface area (Å²) in [6, 6.07) is 19.5. The zero-order valence-corrected chi connectivity index (χ0v) is 15.5. The summed E-state index contributed by atoms with van der Waals surface area (Å²) in [5.74, 6) is 0.264. The molecule has 0 atom stereocenters. The number of benzene rings is 2. The van der Waals surface area contributed by atoms with Gasteiger partial charge < -0.3 is 9.26 Å². The van der Waals surface area contributed by atoms with Crippen LogP contribution in [0.4, 0.5) is 0 Å². The van der Waals surface area contributed by atoms with E-state index in [0.29, 0.717) is 17.0 Å². The molecule has 4 rings (SSSR count). The fourth-order valence-electron chi connectivity index (χ4n) is 3.00. The third-order valence-electron chi connectivity index (χ3n) is 4.30. The molecule has 28 heavy (non-hydrogen) atoms. The normalized spacial score (nSPS) is 15.6. The van der Waals surface area contributed by atoms with E-state index < -0.39 is 5.97 Å². The van der Waals surface area contributed by atoms with Crippen LogP contribution in [-0.4, -0.2) is 17.0 Å². The zero-order chi connectivity index (χ0) is 19.5. The Kier molecular flexibility index (Phi) is 4.72. The Morgan fingerprint density at radius 1 is 1.00 bits per heavy atom. The molecule has 5 heteroatoms. The maximum Gasteiger partial charge on any atom is 0.363 e. The quantitative estimate of drug-likeness (QED) is 0.482. The standard InChI is InChI=1S/C23H18N2O3/c1-15(13-17-9-5-3-6-10-17)14-19-23(26)27-22(24-19)20-16(2)28-25-21(20)18-11-7-4-8-12-18/h3-14H,1-2H3/b15-13+,19-14-. The molecule has 0 saturated heterocycles. The first-order valence-electron chi connectivity index (χ1n) is 8.90. The number of allylic oxidation sites excluding steroid dienone is 2. The molecule has 0 bridgehead atoms. The van der Waals surface area contributed by atoms with Crippen molar-refractivity contribution in [1.82, 2.24) is 5.16 Å². The van der Waals surface area contributed by atoms with Crippen LogP contribution in [0.3, 0.4) is 0 Å². The van der Waals surface area contributed by atoms with Crippen molar-refractivity contribution in [3.8, 4) is 11.3 Å². The number of rotatable bonds is 4. The molecule has 0 radical (unpaired) electrons. The van der Waals surface area contributed by atoms with E-state index in [1.807, 2.05) is 73.7 Å². The lowest BCUT2D eigenvalue weighted by molar-refractivity contribution is -0.130. The van der Waals surface area contributed by atoms with Crippen molar-refractivity contribution in [3.05, 3.63) is 94.9 Å². The Hall–Kier alpha value is -3.73. The van der Waals surface area contributed by atoms with E-state index in [0.717, 1.165) is 16.7 Å². The SMILES string of the molecule is CC(/C=C1\N=C(c2c(-c3ccccc3)noc2C)OC1=O)=C\c1ccccc1. The van der Waals surface area contributed by atoms with Crippen molar-refractivity contribution in [2.24, 2.45) is 4.99 Å². The van der Waals surface area contributed by atoms with Gasteiger partial charge in [-0.3, -0.25) is 0 Å². The average molecular weight is 370 g/mol. The number of hydrogen-bond donors (Lipinski definition) is 0. The summed E-state index contributed by atoms with van der Waals surface area (Å²) in [5, 5.41) is 4.12. The van der Waals surface area contributed by atoms with Crippen molar-refractivity contribution >= 4 is 17.9 Å². The Balaban J connectivity index is 1.69. The number of ether oxygens (including phenoxy) is 1. The van der Waals surface area contributed by atoms with Crippen molar-refractivity contribution in [1.29, 1.82) is 0 Å². The molecule has 1 aliphatic heterocycles. The van der Waals surface area contributed by atoms with Crippen LogP contribution in [0.2, 0.25) is 0 Å². The molecule has 1 aromatic heterocycles. The topological polar surface area (TPSA) is 64.7 Å². The second-order valence-electron chi connectivity index (χ2n) is 6.46. The minimum atomic E-state index is -0.490. The third kappa shape index (κ3) is 3.55. The monoisotopic (exact) mass is 370 g/mol. The lowest BCUT2D eigenvalue weighted by atomic mass is 10.1. The maximum atomic E-state index is 12.3. The maximum absolute atomic E-state index is 12.3. The molecular formula is C23H18N2O3. The van der Waals surface area contributed by atoms with Gasteiger partial charge >= 0.3 is 5.97 Å². The molecule has 2 aromatic carbocycles. The molecule has 0 spiro atoms. The predicted molar refractivity (Wildman–Crippen MR) is 107 cm³/mol. The summed E-state index contributed by atoms with van der Waals surface area (Å²) in [5.41, 5.74) is 4.25. The van der Waals surface area contributed by atoms with Gasteiger partial charge in [0, 0.05) is 5.56 Å². The summed E-state index contributed by atoms with van der Waals surface area (Å²) in [7, 11) is 0. The van der Waals surface area contributed by atoms with E-state index in [4.69, 9.17) is 9.26 Å². The molecule has 1 aliphatic rings. The van der Waals surface area contributed by atoms with Gasteiger partial charge in [0.2, 0.25) is 5.90 Å². The highest BCUT2D eigenvalue weighted by molar-refractivity contribution is 6.13. The smallest absolute Gasteiger partial charge is 0.363 e. The van der Waals surface area contributed by atoms with E-state index in [9.17, 15) is 4.79 Å². The lowest BCUT2D eigenvalue weighted by Gasteiger charge is -2.01. The number of aliphatic imine (C=N–C) groups is 1. The zero-order valence-electron chi connectivity index (χ0n) is 15.5. The van der Waals surface area contributed by atoms with Gasteiger partial charge in [-0.1, -0.05) is 71.9 Å². The molecule has 0 aliphatic carbocycles. The highest BCUT2D eigenvalue weighted by Gasteiger charge is 2.30. The number of aryl methyl sites for hydroxylation is 1. The Bertz CT molecular complexity index is 1110. The molecule has 0 fully saturated rings. The number of carbonyl (C=O) groups excluding carboxylic acids is 1. The summed E-state index contributed by atoms with van der Waals surface area (Å²) < 4.78 is 10.8. The minimum absolute atomic E-state index is 0.210. The largest absolute Gasteiger partial charge is 0.402 e. The molecule has 0 saturated carbocycles. The first-order valence-corrected chi connectivity index (χ1v) is 8.90. The summed E-state index contributed by atoms with van der Waals surface area (Å²) in [4.78, 5) is 16.7. The van der Waals surface area contributed by atoms with E-state index >= 15 is 0 Å². The number of aromatic nitrogens is 1. The van der Waals surface area contributed by atoms with Gasteiger partial charge in [-0.15, -0.1) is 0 Å². The molecule has 2 heterocycles. The van der Waals surface area contributed by atoms with Crippen molar-refractivity contribution < 1.29 is 14.1 Å². The van der Waals surface area contributed by atoms with Gasteiger partial charge in [0.1, 0.15) is 17.0 Å². The van der Waals surface area contributed by atoms with E-state index in [1.165, 1.54) is 0 Å². The summed E-state index contributed by atoms with van der Waals surface area (Å²) in [6.45, 7) is 3.69. The van der Waals surface area contributed by atoms with Crippen molar-refractivity contribution in [2.75, 3.05) is 0 Å². The first-order chi connectivity index (χ1) is 13.6. The van der Waals surface area contributed by atoms with Crippen molar-refractivity contribution in [3.63, 3.8) is 0 Å². The predicted octanol–water partition coefficient (Wildman–Crippen LogP) is 4.94. The van der Waals surface area contributed by atoms with Gasteiger partial charge in [0.05, 0.1) is 0 Å². The lowest BCUT2D eigenvalue weighted by Crippen LogP contribution is -2.07. The highest BCUT2D eigenvalue weighted by Crippen LogP contribution is 2.29. The number of hydrogen-bond acceptors (Lipinski definition) is 5. The molecule has 138 valence electrons. The van der Waals surface area contributed by atoms with Crippen LogP contribution in [0.15, 0.2) is 87.5 Å². The Morgan fingerprint density at radius 3 is 2.39 bits per heavy atom. The van der Waals surface area contributed by atoms with Gasteiger partial charge in [-0.25, -0.2) is 9.79 Å². The van der Waals surface area contributed by atoms with Crippen LogP contribution < -0.4 is 0 Å². The van der Waals surface area contributed by atoms with Gasteiger partial charge in [0.25, 0.3) is 0 Å². The number of nitrogens with zero attached hydrogens (tertiary/aromatic N) is 2. The van der Waals surface area contributed by atoms with E-state index in [1.54, 1.807) is 13.0 Å². The van der Waals surface area contributed by atoms with E-state index in [-0.39, 0.29) is 11.6 Å². The number of carbonyl (C=O) groups is 1. The number of esters is 1. The molecule has 5 nitrogen and oxygen atoms in total. The van der Waals surface area contributed by atoms with Crippen LogP contribution in [-0.2, 0) is 9.53 Å². The summed E-state index contributed by atoms with van der Waals surface area (Å²) >= 11 is 0. The average Bonchev–Trinajstić information content (AvgIpc) is 3.25. The second-order valence-corrected chi connectivity index (χ2v) is 6.46. The Morgan fingerprint density at radius 2 is 1.68 bits per heavy atom. The fourth-order valence-corrected chi connectivity index (χ4v) is 3.00. The van der Waals surface area contributed by atoms with Crippen LogP contribution in [0.25, 0.3) is 17.3 Å². The first kappa shape index (κ1) is 17.7. The van der Waals surface area contributed by atoms with Crippen molar-refractivity contribution in [2.45, 2.75) is 13.8 Å². The molecule has 0 N–H and O–H groups in total. The minimum Gasteiger partial charge on any atom is -0.402 e. The Labute approximate surface area is 162 Å². The van der Waals surface area contributed by atoms with Gasteiger partial charge in [0.15, 0.2) is 5.70 Å². The van der Waals surface area contributed by atoms with Gasteiger partial charge in [-0.05, 0) is 31.1 Å². The van der Waals surface area contributed by atoms with Crippen LogP contribution in [0, 0.1) is 6.92 Å². The number of cyclic esters (lactones) is 1. The molecular weight excluding hydrogens is 352 g/mol. The summed E-state index contributed by atoms with van der Waals surface area (Å²) in [6.07, 6.45) is 3.70.